The Balaban J connectivity index is 1.73. The molecule has 1 aliphatic carbocycles. The highest BCUT2D eigenvalue weighted by Crippen LogP contribution is 2.28. The van der Waals surface area contributed by atoms with Crippen molar-refractivity contribution in [2.75, 3.05) is 26.7 Å². The fourth-order valence-electron chi connectivity index (χ4n) is 2.98. The van der Waals surface area contributed by atoms with E-state index in [0.29, 0.717) is 6.10 Å². The first-order chi connectivity index (χ1) is 7.18. The lowest BCUT2D eigenvalue weighted by Crippen LogP contribution is -2.48. The maximum Gasteiger partial charge on any atom is 0.0702 e. The molecular weight excluding hydrogens is 188 g/mol. The summed E-state index contributed by atoms with van der Waals surface area (Å²) in [6.07, 6.45) is 7.93. The summed E-state index contributed by atoms with van der Waals surface area (Å²) in [5.41, 5.74) is 6.44. The van der Waals surface area contributed by atoms with Crippen LogP contribution in [0.25, 0.3) is 0 Å². The molecule has 15 heavy (non-hydrogen) atoms. The van der Waals surface area contributed by atoms with E-state index in [2.05, 4.69) is 11.9 Å². The standard InChI is InChI=1S/C12H24N2O/c1-14(9-11-5-4-8-15-11)10-12(13)6-2-3-7-12/h11H,2-10,13H2,1H3. The smallest absolute Gasteiger partial charge is 0.0702 e. The lowest BCUT2D eigenvalue weighted by molar-refractivity contribution is 0.0746. The molecule has 0 spiro atoms. The molecule has 0 aromatic heterocycles. The third-order valence-corrected chi connectivity index (χ3v) is 3.72. The van der Waals surface area contributed by atoms with Gasteiger partial charge in [0.05, 0.1) is 6.10 Å². The molecule has 2 N–H and O–H groups in total. The molecule has 1 saturated heterocycles. The van der Waals surface area contributed by atoms with Crippen LogP contribution in [0, 0.1) is 0 Å². The molecule has 3 nitrogen and oxygen atoms in total. The van der Waals surface area contributed by atoms with Gasteiger partial charge in [-0.2, -0.15) is 0 Å². The molecule has 1 aliphatic heterocycles. The van der Waals surface area contributed by atoms with Crippen molar-refractivity contribution in [1.82, 2.24) is 4.90 Å². The molecule has 2 fully saturated rings. The summed E-state index contributed by atoms with van der Waals surface area (Å²) in [6, 6.07) is 0. The van der Waals surface area contributed by atoms with Crippen LogP contribution in [0.15, 0.2) is 0 Å². The highest BCUT2D eigenvalue weighted by Gasteiger charge is 2.31. The van der Waals surface area contributed by atoms with Gasteiger partial charge in [0.25, 0.3) is 0 Å². The van der Waals surface area contributed by atoms with Crippen LogP contribution in [-0.4, -0.2) is 43.3 Å². The van der Waals surface area contributed by atoms with Gasteiger partial charge in [0, 0.05) is 25.2 Å². The molecular formula is C12H24N2O. The molecule has 1 saturated carbocycles. The molecule has 0 bridgehead atoms. The summed E-state index contributed by atoms with van der Waals surface area (Å²) in [5, 5.41) is 0. The van der Waals surface area contributed by atoms with Crippen molar-refractivity contribution >= 4 is 0 Å². The highest BCUT2D eigenvalue weighted by atomic mass is 16.5. The number of nitrogens with zero attached hydrogens (tertiary/aromatic N) is 1. The Kier molecular flexibility index (Phi) is 3.65. The molecule has 0 aromatic rings. The van der Waals surface area contributed by atoms with E-state index in [1.807, 2.05) is 0 Å². The number of ether oxygens (including phenoxy) is 1. The lowest BCUT2D eigenvalue weighted by Gasteiger charge is -2.30. The average Bonchev–Trinajstić information content (AvgIpc) is 2.76. The van der Waals surface area contributed by atoms with Crippen LogP contribution in [-0.2, 0) is 4.74 Å². The predicted octanol–water partition coefficient (Wildman–Crippen LogP) is 1.37. The van der Waals surface area contributed by atoms with Crippen molar-refractivity contribution in [3.63, 3.8) is 0 Å². The quantitative estimate of drug-likeness (QED) is 0.765. The first-order valence-electron chi connectivity index (χ1n) is 6.27. The Labute approximate surface area is 93.0 Å². The second kappa shape index (κ2) is 4.81. The SMILES string of the molecule is CN(CC1CCCO1)CC1(N)CCCC1. The zero-order chi connectivity index (χ0) is 10.7. The van der Waals surface area contributed by atoms with Crippen LogP contribution in [0.2, 0.25) is 0 Å². The van der Waals surface area contributed by atoms with E-state index in [1.165, 1.54) is 38.5 Å². The second-order valence-corrected chi connectivity index (χ2v) is 5.40. The molecule has 1 unspecified atom stereocenters. The summed E-state index contributed by atoms with van der Waals surface area (Å²) < 4.78 is 5.64. The Morgan fingerprint density at radius 1 is 1.33 bits per heavy atom. The lowest BCUT2D eigenvalue weighted by atomic mass is 9.98. The Bertz CT molecular complexity index is 196. The minimum Gasteiger partial charge on any atom is -0.377 e. The molecule has 0 radical (unpaired) electrons. The molecule has 3 heteroatoms. The molecule has 88 valence electrons. The largest absolute Gasteiger partial charge is 0.377 e. The van der Waals surface area contributed by atoms with Crippen LogP contribution in [0.4, 0.5) is 0 Å². The fourth-order valence-corrected chi connectivity index (χ4v) is 2.98. The van der Waals surface area contributed by atoms with Gasteiger partial charge >= 0.3 is 0 Å². The summed E-state index contributed by atoms with van der Waals surface area (Å²) in [6.45, 7) is 3.04. The molecule has 1 atom stereocenters. The van der Waals surface area contributed by atoms with E-state index in [9.17, 15) is 0 Å². The van der Waals surface area contributed by atoms with Gasteiger partial charge in [-0.25, -0.2) is 0 Å². The van der Waals surface area contributed by atoms with Crippen molar-refractivity contribution in [3.05, 3.63) is 0 Å². The van der Waals surface area contributed by atoms with Crippen molar-refractivity contribution < 1.29 is 4.74 Å². The molecule has 0 aromatic carbocycles. The normalized spacial score (nSPS) is 30.2. The van der Waals surface area contributed by atoms with Gasteiger partial charge in [0.2, 0.25) is 0 Å². The number of hydrogen-bond acceptors (Lipinski definition) is 3. The van der Waals surface area contributed by atoms with Crippen LogP contribution in [0.1, 0.15) is 38.5 Å². The first-order valence-corrected chi connectivity index (χ1v) is 6.27. The third-order valence-electron chi connectivity index (χ3n) is 3.72. The fraction of sp³-hybridized carbons (Fsp3) is 1.00. The number of rotatable bonds is 4. The van der Waals surface area contributed by atoms with Gasteiger partial charge in [0.1, 0.15) is 0 Å². The van der Waals surface area contributed by atoms with Gasteiger partial charge in [-0.15, -0.1) is 0 Å². The first kappa shape index (κ1) is 11.4. The minimum atomic E-state index is 0.0906. The summed E-state index contributed by atoms with van der Waals surface area (Å²) in [7, 11) is 2.18. The highest BCUT2D eigenvalue weighted by molar-refractivity contribution is 4.91. The van der Waals surface area contributed by atoms with E-state index < -0.39 is 0 Å². The van der Waals surface area contributed by atoms with Gasteiger partial charge in [-0.1, -0.05) is 12.8 Å². The Morgan fingerprint density at radius 2 is 2.07 bits per heavy atom. The van der Waals surface area contributed by atoms with Crippen molar-refractivity contribution in [2.24, 2.45) is 5.73 Å². The summed E-state index contributed by atoms with van der Waals surface area (Å²) >= 11 is 0. The number of likely N-dealkylation sites (N-methyl/N-ethyl adjacent to an activating group) is 1. The van der Waals surface area contributed by atoms with E-state index in [1.54, 1.807) is 0 Å². The van der Waals surface area contributed by atoms with Crippen LogP contribution in [0.3, 0.4) is 0 Å². The topological polar surface area (TPSA) is 38.5 Å². The van der Waals surface area contributed by atoms with Crippen LogP contribution < -0.4 is 5.73 Å². The van der Waals surface area contributed by atoms with Crippen molar-refractivity contribution in [3.8, 4) is 0 Å². The second-order valence-electron chi connectivity index (χ2n) is 5.40. The molecule has 2 rings (SSSR count). The molecule has 1 heterocycles. The van der Waals surface area contributed by atoms with Crippen LogP contribution in [0.5, 0.6) is 0 Å². The van der Waals surface area contributed by atoms with Crippen LogP contribution >= 0.6 is 0 Å². The minimum absolute atomic E-state index is 0.0906. The van der Waals surface area contributed by atoms with Gasteiger partial charge in [0.15, 0.2) is 0 Å². The predicted molar refractivity (Wildman–Crippen MR) is 61.9 cm³/mol. The van der Waals surface area contributed by atoms with E-state index in [0.717, 1.165) is 19.7 Å². The van der Waals surface area contributed by atoms with E-state index in [4.69, 9.17) is 10.5 Å². The monoisotopic (exact) mass is 212 g/mol. The van der Waals surface area contributed by atoms with Gasteiger partial charge in [-0.3, -0.25) is 0 Å². The summed E-state index contributed by atoms with van der Waals surface area (Å²) in [5.74, 6) is 0. The van der Waals surface area contributed by atoms with E-state index in [-0.39, 0.29) is 5.54 Å². The van der Waals surface area contributed by atoms with Gasteiger partial charge in [-0.05, 0) is 32.7 Å². The number of hydrogen-bond donors (Lipinski definition) is 1. The zero-order valence-corrected chi connectivity index (χ0v) is 9.87. The molecule has 0 amide bonds. The third kappa shape index (κ3) is 3.16. The van der Waals surface area contributed by atoms with E-state index >= 15 is 0 Å². The zero-order valence-electron chi connectivity index (χ0n) is 9.87. The van der Waals surface area contributed by atoms with Crippen molar-refractivity contribution in [2.45, 2.75) is 50.2 Å². The molecule has 2 aliphatic rings. The summed E-state index contributed by atoms with van der Waals surface area (Å²) in [4.78, 5) is 2.36. The Hall–Kier alpha value is -0.120. The Morgan fingerprint density at radius 3 is 2.67 bits per heavy atom. The number of nitrogens with two attached hydrogens (primary N) is 1. The maximum absolute atomic E-state index is 6.35. The van der Waals surface area contributed by atoms with Gasteiger partial charge < -0.3 is 15.4 Å². The average molecular weight is 212 g/mol. The maximum atomic E-state index is 6.35. The van der Waals surface area contributed by atoms with Crippen molar-refractivity contribution in [1.29, 1.82) is 0 Å².